The zero-order chi connectivity index (χ0) is 16.6. The number of non-ortho nitro benzene ring substituents is 1. The van der Waals surface area contributed by atoms with E-state index in [1.807, 2.05) is 13.8 Å². The smallest absolute Gasteiger partial charge is 0.273 e. The Bertz CT molecular complexity index is 641. The summed E-state index contributed by atoms with van der Waals surface area (Å²) in [6.45, 7) is 6.68. The Morgan fingerprint density at radius 2 is 2.00 bits per heavy atom. The van der Waals surface area contributed by atoms with Gasteiger partial charge in [-0.1, -0.05) is 13.8 Å². The zero-order valence-corrected chi connectivity index (χ0v) is 12.9. The molecule has 0 saturated heterocycles. The van der Waals surface area contributed by atoms with Crippen molar-refractivity contribution in [2.45, 2.75) is 39.8 Å². The van der Waals surface area contributed by atoms with Crippen molar-refractivity contribution in [1.29, 1.82) is 0 Å². The van der Waals surface area contributed by atoms with Crippen molar-refractivity contribution < 1.29 is 19.2 Å². The summed E-state index contributed by atoms with van der Waals surface area (Å²) >= 11 is 0. The number of nitrogens with zero attached hydrogens (tertiary/aromatic N) is 2. The number of amides is 1. The van der Waals surface area contributed by atoms with Crippen molar-refractivity contribution in [3.8, 4) is 5.75 Å². The van der Waals surface area contributed by atoms with Gasteiger partial charge in [0.1, 0.15) is 0 Å². The van der Waals surface area contributed by atoms with Crippen LogP contribution in [-0.4, -0.2) is 28.8 Å². The van der Waals surface area contributed by atoms with Crippen molar-refractivity contribution in [3.63, 3.8) is 0 Å². The molecule has 0 N–H and O–H groups in total. The molecule has 2 unspecified atom stereocenters. The number of carbonyl (C=O) groups is 2. The van der Waals surface area contributed by atoms with Gasteiger partial charge in [-0.25, -0.2) is 0 Å². The largest absolute Gasteiger partial charge is 0.478 e. The van der Waals surface area contributed by atoms with Crippen LogP contribution in [0.5, 0.6) is 5.75 Å². The second kappa shape index (κ2) is 5.75. The van der Waals surface area contributed by atoms with Crippen molar-refractivity contribution in [2.75, 3.05) is 4.90 Å². The van der Waals surface area contributed by atoms with Gasteiger partial charge in [0, 0.05) is 6.07 Å². The van der Waals surface area contributed by atoms with Crippen LogP contribution in [0.1, 0.15) is 27.7 Å². The number of carbonyl (C=O) groups excluding carboxylic acids is 2. The van der Waals surface area contributed by atoms with Gasteiger partial charge in [0.05, 0.1) is 22.7 Å². The van der Waals surface area contributed by atoms with E-state index in [0.717, 1.165) is 0 Å². The van der Waals surface area contributed by atoms with E-state index in [-0.39, 0.29) is 29.0 Å². The first-order chi connectivity index (χ1) is 10.2. The number of fused-ring (bicyclic) bond motifs is 1. The Hall–Kier alpha value is -2.44. The number of benzene rings is 1. The van der Waals surface area contributed by atoms with Crippen molar-refractivity contribution in [3.05, 3.63) is 28.3 Å². The third-order valence-electron chi connectivity index (χ3n) is 3.73. The predicted octanol–water partition coefficient (Wildman–Crippen LogP) is 2.32. The lowest BCUT2D eigenvalue weighted by molar-refractivity contribution is -0.384. The predicted molar refractivity (Wildman–Crippen MR) is 80.0 cm³/mol. The number of hydrogen-bond donors (Lipinski definition) is 0. The lowest BCUT2D eigenvalue weighted by Gasteiger charge is -2.38. The fraction of sp³-hybridized carbons (Fsp3) is 0.467. The molecule has 0 fully saturated rings. The quantitative estimate of drug-likeness (QED) is 0.629. The van der Waals surface area contributed by atoms with Gasteiger partial charge in [-0.15, -0.1) is 0 Å². The topological polar surface area (TPSA) is 89.8 Å². The lowest BCUT2D eigenvalue weighted by Crippen LogP contribution is -2.53. The standard InChI is InChI=1S/C15H18N2O5/c1-8(2)14-15(19)16(9(3)10(4)18)12-6-5-11(17(20)21)7-13(12)22-14/h5-9,14H,1-4H3. The average Bonchev–Trinajstić information content (AvgIpc) is 2.44. The van der Waals surface area contributed by atoms with E-state index in [2.05, 4.69) is 0 Å². The average molecular weight is 306 g/mol. The van der Waals surface area contributed by atoms with Gasteiger partial charge >= 0.3 is 0 Å². The molecule has 1 heterocycles. The highest BCUT2D eigenvalue weighted by Crippen LogP contribution is 2.39. The fourth-order valence-corrected chi connectivity index (χ4v) is 2.36. The molecule has 1 aromatic carbocycles. The van der Waals surface area contributed by atoms with Gasteiger partial charge in [0.15, 0.2) is 17.6 Å². The summed E-state index contributed by atoms with van der Waals surface area (Å²) in [7, 11) is 0. The molecule has 0 bridgehead atoms. The van der Waals surface area contributed by atoms with Crippen LogP contribution in [0.3, 0.4) is 0 Å². The summed E-state index contributed by atoms with van der Waals surface area (Å²) in [6.07, 6.45) is -0.767. The van der Waals surface area contributed by atoms with E-state index >= 15 is 0 Å². The summed E-state index contributed by atoms with van der Waals surface area (Å²) in [4.78, 5) is 36.1. The first kappa shape index (κ1) is 15.9. The van der Waals surface area contributed by atoms with Crippen LogP contribution in [-0.2, 0) is 9.59 Å². The summed E-state index contributed by atoms with van der Waals surface area (Å²) in [5, 5.41) is 10.9. The molecule has 22 heavy (non-hydrogen) atoms. The van der Waals surface area contributed by atoms with Gasteiger partial charge in [-0.2, -0.15) is 0 Å². The van der Waals surface area contributed by atoms with E-state index in [1.165, 1.54) is 30.0 Å². The molecule has 118 valence electrons. The van der Waals surface area contributed by atoms with Crippen LogP contribution in [0, 0.1) is 16.0 Å². The van der Waals surface area contributed by atoms with E-state index < -0.39 is 17.1 Å². The summed E-state index contributed by atoms with van der Waals surface area (Å²) in [5.74, 6) is -0.344. The number of nitro groups is 1. The van der Waals surface area contributed by atoms with Crippen molar-refractivity contribution in [2.24, 2.45) is 5.92 Å². The molecular formula is C15H18N2O5. The van der Waals surface area contributed by atoms with E-state index in [9.17, 15) is 19.7 Å². The van der Waals surface area contributed by atoms with Gasteiger partial charge in [0.25, 0.3) is 11.6 Å². The Balaban J connectivity index is 2.57. The van der Waals surface area contributed by atoms with E-state index in [1.54, 1.807) is 6.92 Å². The van der Waals surface area contributed by atoms with Gasteiger partial charge in [-0.05, 0) is 25.8 Å². The molecule has 7 nitrogen and oxygen atoms in total. The number of nitro benzene ring substituents is 1. The van der Waals surface area contributed by atoms with Gasteiger partial charge < -0.3 is 4.74 Å². The Labute approximate surface area is 128 Å². The molecule has 0 aliphatic carbocycles. The second-order valence-corrected chi connectivity index (χ2v) is 5.69. The summed E-state index contributed by atoms with van der Waals surface area (Å²) in [5.41, 5.74) is 0.265. The maximum atomic E-state index is 12.6. The molecule has 1 aliphatic heterocycles. The summed E-state index contributed by atoms with van der Waals surface area (Å²) < 4.78 is 5.65. The third kappa shape index (κ3) is 2.66. The van der Waals surface area contributed by atoms with Crippen LogP contribution in [0.15, 0.2) is 18.2 Å². The van der Waals surface area contributed by atoms with Crippen molar-refractivity contribution >= 4 is 23.1 Å². The van der Waals surface area contributed by atoms with Crippen LogP contribution in [0.25, 0.3) is 0 Å². The number of anilines is 1. The molecule has 2 rings (SSSR count). The minimum atomic E-state index is -0.767. The first-order valence-corrected chi connectivity index (χ1v) is 7.02. The lowest BCUT2D eigenvalue weighted by atomic mass is 10.0. The second-order valence-electron chi connectivity index (χ2n) is 5.69. The highest BCUT2D eigenvalue weighted by molar-refractivity contribution is 6.05. The molecule has 0 aromatic heterocycles. The van der Waals surface area contributed by atoms with Crippen LogP contribution >= 0.6 is 0 Å². The molecular weight excluding hydrogens is 288 g/mol. The van der Waals surface area contributed by atoms with Gasteiger partial charge in [0.2, 0.25) is 0 Å². The molecule has 0 saturated carbocycles. The molecule has 1 aromatic rings. The van der Waals surface area contributed by atoms with Crippen LogP contribution < -0.4 is 9.64 Å². The zero-order valence-electron chi connectivity index (χ0n) is 12.9. The maximum absolute atomic E-state index is 12.6. The van der Waals surface area contributed by atoms with E-state index in [4.69, 9.17) is 4.74 Å². The highest BCUT2D eigenvalue weighted by atomic mass is 16.6. The number of ketones is 1. The summed E-state index contributed by atoms with van der Waals surface area (Å²) in [6, 6.07) is 3.38. The minimum absolute atomic E-state index is 0.119. The normalized spacial score (nSPS) is 18.7. The van der Waals surface area contributed by atoms with Gasteiger partial charge in [-0.3, -0.25) is 24.6 Å². The number of hydrogen-bond acceptors (Lipinski definition) is 5. The van der Waals surface area contributed by atoms with Crippen LogP contribution in [0.2, 0.25) is 0 Å². The molecule has 0 radical (unpaired) electrons. The Morgan fingerprint density at radius 1 is 1.36 bits per heavy atom. The molecule has 0 spiro atoms. The Kier molecular flexibility index (Phi) is 4.16. The molecule has 2 atom stereocenters. The molecule has 7 heteroatoms. The minimum Gasteiger partial charge on any atom is -0.478 e. The number of rotatable bonds is 4. The number of Topliss-reactive ketones (excluding diaryl/α,β-unsaturated/α-hetero) is 1. The van der Waals surface area contributed by atoms with E-state index in [0.29, 0.717) is 5.69 Å². The number of ether oxygens (including phenoxy) is 1. The third-order valence-corrected chi connectivity index (χ3v) is 3.73. The molecule has 1 amide bonds. The molecule has 1 aliphatic rings. The monoisotopic (exact) mass is 306 g/mol. The SMILES string of the molecule is CC(=O)C(C)N1C(=O)C(C(C)C)Oc2cc([N+](=O)[O-])ccc21. The maximum Gasteiger partial charge on any atom is 0.273 e. The highest BCUT2D eigenvalue weighted by Gasteiger charge is 2.40. The van der Waals surface area contributed by atoms with Crippen LogP contribution in [0.4, 0.5) is 11.4 Å². The first-order valence-electron chi connectivity index (χ1n) is 7.02. The fourth-order valence-electron chi connectivity index (χ4n) is 2.36. The van der Waals surface area contributed by atoms with Crippen molar-refractivity contribution in [1.82, 2.24) is 0 Å². The Morgan fingerprint density at radius 3 is 2.50 bits per heavy atom.